The van der Waals surface area contributed by atoms with Gasteiger partial charge in [-0.1, -0.05) is 24.3 Å². The number of methoxy groups -OCH3 is 1. The number of carbonyl (C=O) groups excluding carboxylic acids is 3. The number of anilines is 1. The summed E-state index contributed by atoms with van der Waals surface area (Å²) in [7, 11) is 1.60. The van der Waals surface area contributed by atoms with E-state index in [9.17, 15) is 14.4 Å². The maximum atomic E-state index is 12.0. The molecule has 1 aliphatic rings. The van der Waals surface area contributed by atoms with E-state index in [4.69, 9.17) is 4.74 Å². The van der Waals surface area contributed by atoms with Gasteiger partial charge in [0.2, 0.25) is 5.91 Å². The van der Waals surface area contributed by atoms with E-state index < -0.39 is 0 Å². The molecule has 8 heteroatoms. The zero-order valence-corrected chi connectivity index (χ0v) is 14.8. The lowest BCUT2D eigenvalue weighted by Gasteiger charge is -2.13. The molecule has 140 valence electrons. The molecule has 0 unspecified atom stereocenters. The predicted molar refractivity (Wildman–Crippen MR) is 99.2 cm³/mol. The number of rotatable bonds is 6. The molecule has 1 fully saturated rings. The largest absolute Gasteiger partial charge is 0.497 e. The maximum absolute atomic E-state index is 12.0. The summed E-state index contributed by atoms with van der Waals surface area (Å²) in [4.78, 5) is 36.3. The van der Waals surface area contributed by atoms with Crippen LogP contribution in [-0.2, 0) is 17.9 Å². The first-order valence-corrected chi connectivity index (χ1v) is 8.40. The molecule has 0 bridgehead atoms. The Morgan fingerprint density at radius 2 is 1.74 bits per heavy atom. The first-order valence-electron chi connectivity index (χ1n) is 8.40. The summed E-state index contributed by atoms with van der Waals surface area (Å²) in [5, 5.41) is 7.99. The highest BCUT2D eigenvalue weighted by Crippen LogP contribution is 2.14. The van der Waals surface area contributed by atoms with E-state index in [0.29, 0.717) is 12.2 Å². The Labute approximate surface area is 156 Å². The van der Waals surface area contributed by atoms with Crippen molar-refractivity contribution in [3.05, 3.63) is 59.7 Å². The molecular formula is C19H20N4O4. The van der Waals surface area contributed by atoms with Gasteiger partial charge in [-0.25, -0.2) is 9.59 Å². The van der Waals surface area contributed by atoms with Crippen LogP contribution in [0.15, 0.2) is 48.5 Å². The number of nitrogens with zero attached hydrogens (tertiary/aromatic N) is 1. The molecule has 2 aromatic carbocycles. The normalized spacial score (nSPS) is 13.3. The van der Waals surface area contributed by atoms with Crippen molar-refractivity contribution < 1.29 is 19.1 Å². The third kappa shape index (κ3) is 4.75. The highest BCUT2D eigenvalue weighted by molar-refractivity contribution is 6.01. The molecule has 2 aromatic rings. The van der Waals surface area contributed by atoms with Gasteiger partial charge in [-0.2, -0.15) is 0 Å². The van der Waals surface area contributed by atoms with Crippen LogP contribution in [0.2, 0.25) is 0 Å². The first kappa shape index (κ1) is 18.2. The van der Waals surface area contributed by atoms with Gasteiger partial charge in [-0.05, 0) is 35.4 Å². The SMILES string of the molecule is COc1ccc(CNC(=O)Nc2ccc(CN3C(=O)CNC3=O)cc2)cc1. The van der Waals surface area contributed by atoms with Crippen molar-refractivity contribution in [2.45, 2.75) is 13.1 Å². The van der Waals surface area contributed by atoms with E-state index >= 15 is 0 Å². The summed E-state index contributed by atoms with van der Waals surface area (Å²) < 4.78 is 5.09. The van der Waals surface area contributed by atoms with Crippen LogP contribution in [0.5, 0.6) is 5.75 Å². The topological polar surface area (TPSA) is 99.8 Å². The minimum atomic E-state index is -0.389. The lowest BCUT2D eigenvalue weighted by Crippen LogP contribution is -2.30. The number of hydrogen-bond donors (Lipinski definition) is 3. The van der Waals surface area contributed by atoms with Crippen molar-refractivity contribution in [1.82, 2.24) is 15.5 Å². The van der Waals surface area contributed by atoms with Crippen LogP contribution in [0.4, 0.5) is 15.3 Å². The zero-order valence-electron chi connectivity index (χ0n) is 14.8. The van der Waals surface area contributed by atoms with Gasteiger partial charge in [0.05, 0.1) is 20.2 Å². The second kappa shape index (κ2) is 8.22. The van der Waals surface area contributed by atoms with Crippen LogP contribution in [0.25, 0.3) is 0 Å². The van der Waals surface area contributed by atoms with Crippen molar-refractivity contribution in [3.63, 3.8) is 0 Å². The number of carbonyl (C=O) groups is 3. The Morgan fingerprint density at radius 3 is 2.33 bits per heavy atom. The van der Waals surface area contributed by atoms with Crippen molar-refractivity contribution in [2.75, 3.05) is 19.0 Å². The molecular weight excluding hydrogens is 348 g/mol. The minimum Gasteiger partial charge on any atom is -0.497 e. The van der Waals surface area contributed by atoms with Gasteiger partial charge in [0.25, 0.3) is 0 Å². The van der Waals surface area contributed by atoms with Crippen molar-refractivity contribution >= 4 is 23.7 Å². The summed E-state index contributed by atoms with van der Waals surface area (Å²) >= 11 is 0. The van der Waals surface area contributed by atoms with Crippen molar-refractivity contribution in [1.29, 1.82) is 0 Å². The van der Waals surface area contributed by atoms with Gasteiger partial charge in [-0.15, -0.1) is 0 Å². The van der Waals surface area contributed by atoms with Gasteiger partial charge in [0.15, 0.2) is 0 Å². The monoisotopic (exact) mass is 368 g/mol. The standard InChI is InChI=1S/C19H20N4O4/c1-27-16-8-4-13(5-9-16)10-20-18(25)22-15-6-2-14(3-7-15)12-23-17(24)11-21-19(23)26/h2-9H,10-12H2,1H3,(H,21,26)(H2,20,22,25). The average molecular weight is 368 g/mol. The van der Waals surface area contributed by atoms with E-state index in [0.717, 1.165) is 21.8 Å². The Bertz CT molecular complexity index is 818. The van der Waals surface area contributed by atoms with Gasteiger partial charge < -0.3 is 20.7 Å². The number of ether oxygens (including phenoxy) is 1. The van der Waals surface area contributed by atoms with Crippen LogP contribution in [-0.4, -0.2) is 36.5 Å². The van der Waals surface area contributed by atoms with Crippen molar-refractivity contribution in [3.8, 4) is 5.75 Å². The lowest BCUT2D eigenvalue weighted by atomic mass is 10.2. The fourth-order valence-electron chi connectivity index (χ4n) is 2.59. The minimum absolute atomic E-state index is 0.0346. The third-order valence-electron chi connectivity index (χ3n) is 4.10. The van der Waals surface area contributed by atoms with Gasteiger partial charge in [0, 0.05) is 12.2 Å². The Hall–Kier alpha value is -3.55. The Kier molecular flexibility index (Phi) is 5.55. The number of imide groups is 1. The van der Waals surface area contributed by atoms with Crippen LogP contribution >= 0.6 is 0 Å². The van der Waals surface area contributed by atoms with E-state index in [1.807, 2.05) is 24.3 Å². The second-order valence-electron chi connectivity index (χ2n) is 5.99. The molecule has 0 saturated carbocycles. The summed E-state index contributed by atoms with van der Waals surface area (Å²) in [5.41, 5.74) is 2.36. The van der Waals surface area contributed by atoms with Gasteiger partial charge in [0.1, 0.15) is 5.75 Å². The summed E-state index contributed by atoms with van der Waals surface area (Å²) in [6.07, 6.45) is 0. The Balaban J connectivity index is 1.49. The summed E-state index contributed by atoms with van der Waals surface area (Å²) in [6.45, 7) is 0.627. The van der Waals surface area contributed by atoms with Crippen LogP contribution in [0.1, 0.15) is 11.1 Å². The fraction of sp³-hybridized carbons (Fsp3) is 0.211. The summed E-state index contributed by atoms with van der Waals surface area (Å²) in [5.74, 6) is 0.511. The van der Waals surface area contributed by atoms with E-state index in [2.05, 4.69) is 16.0 Å². The molecule has 8 nitrogen and oxygen atoms in total. The molecule has 5 amide bonds. The number of amides is 5. The number of hydrogen-bond acceptors (Lipinski definition) is 4. The average Bonchev–Trinajstić information content (AvgIpc) is 3.00. The predicted octanol–water partition coefficient (Wildman–Crippen LogP) is 2.07. The molecule has 0 radical (unpaired) electrons. The Morgan fingerprint density at radius 1 is 1.07 bits per heavy atom. The maximum Gasteiger partial charge on any atom is 0.324 e. The molecule has 0 aromatic heterocycles. The quantitative estimate of drug-likeness (QED) is 0.680. The molecule has 3 rings (SSSR count). The highest BCUT2D eigenvalue weighted by atomic mass is 16.5. The number of urea groups is 2. The smallest absolute Gasteiger partial charge is 0.324 e. The first-order chi connectivity index (χ1) is 13.0. The molecule has 0 atom stereocenters. The van der Waals surface area contributed by atoms with Gasteiger partial charge >= 0.3 is 12.1 Å². The molecule has 1 aliphatic heterocycles. The van der Waals surface area contributed by atoms with E-state index in [1.54, 1.807) is 31.4 Å². The number of nitrogens with one attached hydrogen (secondary N) is 3. The summed E-state index contributed by atoms with van der Waals surface area (Å²) in [6, 6.07) is 13.7. The van der Waals surface area contributed by atoms with Crippen LogP contribution < -0.4 is 20.7 Å². The molecule has 1 heterocycles. The molecule has 27 heavy (non-hydrogen) atoms. The van der Waals surface area contributed by atoms with Crippen LogP contribution in [0.3, 0.4) is 0 Å². The molecule has 3 N–H and O–H groups in total. The highest BCUT2D eigenvalue weighted by Gasteiger charge is 2.28. The van der Waals surface area contributed by atoms with Gasteiger partial charge in [-0.3, -0.25) is 9.69 Å². The third-order valence-corrected chi connectivity index (χ3v) is 4.10. The number of benzene rings is 2. The van der Waals surface area contributed by atoms with E-state index in [1.165, 1.54) is 0 Å². The molecule has 0 aliphatic carbocycles. The molecule has 1 saturated heterocycles. The molecule has 0 spiro atoms. The van der Waals surface area contributed by atoms with Crippen molar-refractivity contribution in [2.24, 2.45) is 0 Å². The van der Waals surface area contributed by atoms with E-state index in [-0.39, 0.29) is 31.1 Å². The second-order valence-corrected chi connectivity index (χ2v) is 5.99. The zero-order chi connectivity index (χ0) is 19.2. The van der Waals surface area contributed by atoms with Crippen LogP contribution in [0, 0.1) is 0 Å². The lowest BCUT2D eigenvalue weighted by molar-refractivity contribution is -0.125. The fourth-order valence-corrected chi connectivity index (χ4v) is 2.59.